The van der Waals surface area contributed by atoms with E-state index in [9.17, 15) is 4.79 Å². The van der Waals surface area contributed by atoms with Crippen molar-refractivity contribution in [3.8, 4) is 5.75 Å². The van der Waals surface area contributed by atoms with Crippen LogP contribution in [0.15, 0.2) is 48.0 Å². The number of rotatable bonds is 6. The molecule has 0 aliphatic heterocycles. The van der Waals surface area contributed by atoms with Gasteiger partial charge in [-0.05, 0) is 35.9 Å². The molecule has 0 aliphatic carbocycles. The molecule has 0 spiro atoms. The number of hydrogen-bond acceptors (Lipinski definition) is 5. The number of nitrogens with one attached hydrogen (secondary N) is 1. The summed E-state index contributed by atoms with van der Waals surface area (Å²) < 4.78 is 11.6. The molecule has 0 radical (unpaired) electrons. The number of nitrogens with zero attached hydrogens (tertiary/aromatic N) is 1. The van der Waals surface area contributed by atoms with Gasteiger partial charge in [0.05, 0.1) is 35.5 Å². The zero-order valence-corrected chi connectivity index (χ0v) is 14.3. The quantitative estimate of drug-likeness (QED) is 0.746. The maximum absolute atomic E-state index is 12.6. The number of amides is 1. The average molecular weight is 342 g/mol. The molecule has 3 rings (SSSR count). The van der Waals surface area contributed by atoms with Crippen LogP contribution in [0.4, 0.5) is 0 Å². The van der Waals surface area contributed by atoms with Crippen LogP contribution in [0.3, 0.4) is 0 Å². The Kier molecular flexibility index (Phi) is 5.08. The number of hydrogen-bond donors (Lipinski definition) is 1. The fraction of sp³-hybridized carbons (Fsp3) is 0.222. The van der Waals surface area contributed by atoms with Crippen molar-refractivity contribution < 1.29 is 14.3 Å². The molecule has 5 nitrogen and oxygen atoms in total. The van der Waals surface area contributed by atoms with E-state index in [-0.39, 0.29) is 11.9 Å². The van der Waals surface area contributed by atoms with E-state index in [1.165, 1.54) is 0 Å². The predicted octanol–water partition coefficient (Wildman–Crippen LogP) is 3.42. The number of benzene rings is 2. The van der Waals surface area contributed by atoms with Crippen molar-refractivity contribution in [2.45, 2.75) is 6.04 Å². The molecule has 0 aliphatic rings. The summed E-state index contributed by atoms with van der Waals surface area (Å²) in [6.07, 6.45) is 0. The average Bonchev–Trinajstić information content (AvgIpc) is 3.09. The van der Waals surface area contributed by atoms with Crippen LogP contribution in [0.1, 0.15) is 22.0 Å². The molecule has 3 aromatic rings. The smallest absolute Gasteiger partial charge is 0.251 e. The molecule has 6 heteroatoms. The van der Waals surface area contributed by atoms with E-state index in [0.29, 0.717) is 12.2 Å². The zero-order valence-electron chi connectivity index (χ0n) is 13.5. The Hall–Kier alpha value is -2.44. The van der Waals surface area contributed by atoms with Crippen LogP contribution < -0.4 is 10.1 Å². The van der Waals surface area contributed by atoms with Crippen molar-refractivity contribution in [3.05, 3.63) is 59.1 Å². The summed E-state index contributed by atoms with van der Waals surface area (Å²) in [6.45, 7) is 0.373. The highest BCUT2D eigenvalue weighted by Gasteiger charge is 2.17. The standard InChI is InChI=1S/C18H18N2O3S/c1-22-10-16(12-4-3-5-14(8-12)23-2)20-18(21)13-6-7-17-15(9-13)19-11-24-17/h3-9,11,16H,10H2,1-2H3,(H,20,21). The third-order valence-electron chi connectivity index (χ3n) is 3.73. The second kappa shape index (κ2) is 7.42. The van der Waals surface area contributed by atoms with Gasteiger partial charge < -0.3 is 14.8 Å². The molecule has 1 atom stereocenters. The van der Waals surface area contributed by atoms with Gasteiger partial charge in [-0.2, -0.15) is 0 Å². The Bertz CT molecular complexity index is 847. The lowest BCUT2D eigenvalue weighted by molar-refractivity contribution is 0.0896. The van der Waals surface area contributed by atoms with Crippen molar-refractivity contribution in [1.29, 1.82) is 0 Å². The Morgan fingerprint density at radius 1 is 1.25 bits per heavy atom. The van der Waals surface area contributed by atoms with Crippen molar-refractivity contribution in [2.24, 2.45) is 0 Å². The van der Waals surface area contributed by atoms with E-state index in [1.54, 1.807) is 37.1 Å². The first-order chi connectivity index (χ1) is 11.7. The van der Waals surface area contributed by atoms with Gasteiger partial charge in [0, 0.05) is 12.7 Å². The van der Waals surface area contributed by atoms with Crippen LogP contribution in [0, 0.1) is 0 Å². The maximum Gasteiger partial charge on any atom is 0.251 e. The van der Waals surface area contributed by atoms with Crippen LogP contribution in [-0.4, -0.2) is 31.7 Å². The number of thiazole rings is 1. The summed E-state index contributed by atoms with van der Waals surface area (Å²) >= 11 is 1.55. The van der Waals surface area contributed by atoms with Gasteiger partial charge in [-0.3, -0.25) is 4.79 Å². The lowest BCUT2D eigenvalue weighted by atomic mass is 10.1. The fourth-order valence-corrected chi connectivity index (χ4v) is 3.15. The Morgan fingerprint density at radius 2 is 2.12 bits per heavy atom. The van der Waals surface area contributed by atoms with Crippen LogP contribution in [0.5, 0.6) is 5.75 Å². The molecule has 124 valence electrons. The molecule has 1 N–H and O–H groups in total. The van der Waals surface area contributed by atoms with Gasteiger partial charge >= 0.3 is 0 Å². The lowest BCUT2D eigenvalue weighted by Gasteiger charge is -2.19. The van der Waals surface area contributed by atoms with Gasteiger partial charge in [0.15, 0.2) is 0 Å². The molecule has 0 fully saturated rings. The van der Waals surface area contributed by atoms with Gasteiger partial charge in [0.2, 0.25) is 0 Å². The van der Waals surface area contributed by atoms with Crippen LogP contribution in [0.2, 0.25) is 0 Å². The van der Waals surface area contributed by atoms with Gasteiger partial charge in [0.1, 0.15) is 5.75 Å². The Labute approximate surface area is 144 Å². The highest BCUT2D eigenvalue weighted by Crippen LogP contribution is 2.22. The van der Waals surface area contributed by atoms with E-state index in [0.717, 1.165) is 21.5 Å². The fourth-order valence-electron chi connectivity index (χ4n) is 2.49. The van der Waals surface area contributed by atoms with E-state index >= 15 is 0 Å². The van der Waals surface area contributed by atoms with Crippen molar-refractivity contribution in [3.63, 3.8) is 0 Å². The van der Waals surface area contributed by atoms with E-state index in [1.807, 2.05) is 36.4 Å². The van der Waals surface area contributed by atoms with Gasteiger partial charge in [-0.25, -0.2) is 4.98 Å². The minimum atomic E-state index is -0.260. The topological polar surface area (TPSA) is 60.5 Å². The second-order valence-electron chi connectivity index (χ2n) is 5.29. The van der Waals surface area contributed by atoms with Crippen molar-refractivity contribution in [1.82, 2.24) is 10.3 Å². The first-order valence-corrected chi connectivity index (χ1v) is 8.36. The Balaban J connectivity index is 1.82. The number of fused-ring (bicyclic) bond motifs is 1. The molecular weight excluding hydrogens is 324 g/mol. The third-order valence-corrected chi connectivity index (χ3v) is 4.54. The lowest BCUT2D eigenvalue weighted by Crippen LogP contribution is -2.31. The minimum Gasteiger partial charge on any atom is -0.497 e. The highest BCUT2D eigenvalue weighted by molar-refractivity contribution is 7.16. The largest absolute Gasteiger partial charge is 0.497 e. The van der Waals surface area contributed by atoms with Gasteiger partial charge in [-0.1, -0.05) is 12.1 Å². The maximum atomic E-state index is 12.6. The summed E-state index contributed by atoms with van der Waals surface area (Å²) in [5, 5.41) is 3.01. The summed E-state index contributed by atoms with van der Waals surface area (Å²) in [4.78, 5) is 16.9. The second-order valence-corrected chi connectivity index (χ2v) is 6.18. The summed E-state index contributed by atoms with van der Waals surface area (Å²) in [7, 11) is 3.23. The van der Waals surface area contributed by atoms with Crippen LogP contribution in [-0.2, 0) is 4.74 Å². The summed E-state index contributed by atoms with van der Waals surface area (Å²) in [6, 6.07) is 12.9. The number of aromatic nitrogens is 1. The van der Waals surface area contributed by atoms with E-state index < -0.39 is 0 Å². The molecule has 1 aromatic heterocycles. The van der Waals surface area contributed by atoms with Crippen LogP contribution >= 0.6 is 11.3 Å². The zero-order chi connectivity index (χ0) is 16.9. The molecule has 1 amide bonds. The SMILES string of the molecule is COCC(NC(=O)c1ccc2scnc2c1)c1cccc(OC)c1. The first-order valence-electron chi connectivity index (χ1n) is 7.48. The van der Waals surface area contributed by atoms with Gasteiger partial charge in [0.25, 0.3) is 5.91 Å². The molecular formula is C18H18N2O3S. The normalized spacial score (nSPS) is 12.1. The highest BCUT2D eigenvalue weighted by atomic mass is 32.1. The Morgan fingerprint density at radius 3 is 2.92 bits per heavy atom. The van der Waals surface area contributed by atoms with Crippen molar-refractivity contribution in [2.75, 3.05) is 20.8 Å². The number of carbonyl (C=O) groups excluding carboxylic acids is 1. The number of ether oxygens (including phenoxy) is 2. The van der Waals surface area contributed by atoms with Gasteiger partial charge in [-0.15, -0.1) is 11.3 Å². The van der Waals surface area contributed by atoms with E-state index in [2.05, 4.69) is 10.3 Å². The monoisotopic (exact) mass is 342 g/mol. The summed E-state index contributed by atoms with van der Waals surface area (Å²) in [5.74, 6) is 0.585. The molecule has 0 bridgehead atoms. The molecule has 1 heterocycles. The number of carbonyl (C=O) groups is 1. The molecule has 1 unspecified atom stereocenters. The van der Waals surface area contributed by atoms with Crippen molar-refractivity contribution >= 4 is 27.5 Å². The summed E-state index contributed by atoms with van der Waals surface area (Å²) in [5.41, 5.74) is 4.12. The number of methoxy groups -OCH3 is 2. The molecule has 2 aromatic carbocycles. The first kappa shape index (κ1) is 16.4. The molecule has 0 saturated carbocycles. The van der Waals surface area contributed by atoms with Crippen LogP contribution in [0.25, 0.3) is 10.2 Å². The third kappa shape index (κ3) is 3.55. The molecule has 0 saturated heterocycles. The molecule has 24 heavy (non-hydrogen) atoms. The van der Waals surface area contributed by atoms with E-state index in [4.69, 9.17) is 9.47 Å². The minimum absolute atomic E-state index is 0.158. The predicted molar refractivity (Wildman–Crippen MR) is 94.7 cm³/mol.